The molecule has 1 aromatic carbocycles. The molecule has 0 heterocycles. The Bertz CT molecular complexity index is 487. The Morgan fingerprint density at radius 3 is 2.50 bits per heavy atom. The van der Waals surface area contributed by atoms with Gasteiger partial charge in [-0.05, 0) is 24.1 Å². The molecule has 2 amide bonds. The van der Waals surface area contributed by atoms with Crippen molar-refractivity contribution in [3.8, 4) is 5.75 Å². The third-order valence-corrected chi connectivity index (χ3v) is 3.16. The maximum Gasteiger partial charge on any atom is 0.317 e. The second-order valence-corrected chi connectivity index (χ2v) is 5.27. The fourth-order valence-electron chi connectivity index (χ4n) is 1.81. The highest BCUT2D eigenvalue weighted by Crippen LogP contribution is 2.12. The molecule has 0 fully saturated rings. The van der Waals surface area contributed by atoms with Crippen molar-refractivity contribution in [2.45, 2.75) is 26.8 Å². The summed E-state index contributed by atoms with van der Waals surface area (Å²) in [5, 5.41) is 11.6. The van der Waals surface area contributed by atoms with E-state index in [0.717, 1.165) is 17.7 Å². The van der Waals surface area contributed by atoms with Crippen LogP contribution in [0.25, 0.3) is 0 Å². The number of benzene rings is 1. The lowest BCUT2D eigenvalue weighted by Crippen LogP contribution is -2.40. The smallest absolute Gasteiger partial charge is 0.317 e. The maximum atomic E-state index is 11.9. The first kappa shape index (κ1) is 17.8. The van der Waals surface area contributed by atoms with E-state index in [2.05, 4.69) is 5.32 Å². The van der Waals surface area contributed by atoms with Gasteiger partial charge in [-0.15, -0.1) is 0 Å². The summed E-state index contributed by atoms with van der Waals surface area (Å²) in [6.45, 7) is 4.86. The highest BCUT2D eigenvalue weighted by Gasteiger charge is 2.16. The zero-order valence-corrected chi connectivity index (χ0v) is 13.3. The summed E-state index contributed by atoms with van der Waals surface area (Å²) < 4.78 is 5.49. The average molecular weight is 308 g/mol. The van der Waals surface area contributed by atoms with Crippen LogP contribution in [-0.4, -0.2) is 42.2 Å². The van der Waals surface area contributed by atoms with Crippen molar-refractivity contribution in [2.75, 3.05) is 20.2 Å². The number of nitrogens with zero attached hydrogens (tertiary/aromatic N) is 1. The third kappa shape index (κ3) is 6.03. The molecule has 2 N–H and O–H groups in total. The molecule has 0 radical (unpaired) electrons. The van der Waals surface area contributed by atoms with E-state index >= 15 is 0 Å². The lowest BCUT2D eigenvalue weighted by atomic mass is 10.2. The van der Waals surface area contributed by atoms with Gasteiger partial charge in [0.2, 0.25) is 0 Å². The minimum atomic E-state index is -0.915. The Balaban J connectivity index is 2.41. The Kier molecular flexibility index (Phi) is 7.22. The average Bonchev–Trinajstić information content (AvgIpc) is 2.51. The minimum absolute atomic E-state index is 0.172. The van der Waals surface area contributed by atoms with Gasteiger partial charge >= 0.3 is 12.0 Å². The van der Waals surface area contributed by atoms with E-state index < -0.39 is 11.9 Å². The number of nitrogens with one attached hydrogen (secondary N) is 1. The molecule has 0 saturated heterocycles. The monoisotopic (exact) mass is 308 g/mol. The van der Waals surface area contributed by atoms with E-state index in [9.17, 15) is 9.59 Å². The van der Waals surface area contributed by atoms with Gasteiger partial charge in [-0.2, -0.15) is 0 Å². The van der Waals surface area contributed by atoms with Crippen LogP contribution in [0.2, 0.25) is 0 Å². The Hall–Kier alpha value is -2.24. The van der Waals surface area contributed by atoms with Crippen molar-refractivity contribution in [3.63, 3.8) is 0 Å². The van der Waals surface area contributed by atoms with Gasteiger partial charge in [-0.1, -0.05) is 26.0 Å². The van der Waals surface area contributed by atoms with Crippen molar-refractivity contribution < 1.29 is 19.4 Å². The van der Waals surface area contributed by atoms with E-state index in [4.69, 9.17) is 9.84 Å². The topological polar surface area (TPSA) is 78.9 Å². The highest BCUT2D eigenvalue weighted by molar-refractivity contribution is 5.75. The highest BCUT2D eigenvalue weighted by atomic mass is 16.5. The van der Waals surface area contributed by atoms with Gasteiger partial charge in [0.15, 0.2) is 0 Å². The van der Waals surface area contributed by atoms with Crippen LogP contribution in [0.15, 0.2) is 24.3 Å². The number of carbonyl (C=O) groups excluding carboxylic acids is 1. The molecule has 6 nitrogen and oxygen atoms in total. The summed E-state index contributed by atoms with van der Waals surface area (Å²) in [6, 6.07) is 7.23. The molecule has 1 rings (SSSR count). The molecule has 0 aliphatic carbocycles. The summed E-state index contributed by atoms with van der Waals surface area (Å²) in [7, 11) is 1.58. The van der Waals surface area contributed by atoms with Gasteiger partial charge in [0, 0.05) is 20.1 Å². The lowest BCUT2D eigenvalue weighted by Gasteiger charge is -2.20. The molecule has 22 heavy (non-hydrogen) atoms. The van der Waals surface area contributed by atoms with Gasteiger partial charge in [-0.3, -0.25) is 4.79 Å². The van der Waals surface area contributed by atoms with Crippen LogP contribution in [0.4, 0.5) is 4.79 Å². The lowest BCUT2D eigenvalue weighted by molar-refractivity contribution is -0.141. The maximum absolute atomic E-state index is 11.9. The Labute approximate surface area is 131 Å². The van der Waals surface area contributed by atoms with Crippen LogP contribution < -0.4 is 10.1 Å². The molecule has 0 aliphatic heterocycles. The van der Waals surface area contributed by atoms with Gasteiger partial charge < -0.3 is 20.1 Å². The molecular formula is C16H24N2O4. The van der Waals surface area contributed by atoms with E-state index in [1.807, 2.05) is 31.2 Å². The number of ether oxygens (including phenoxy) is 1. The second-order valence-electron chi connectivity index (χ2n) is 5.27. The van der Waals surface area contributed by atoms with Gasteiger partial charge in [0.25, 0.3) is 0 Å². The summed E-state index contributed by atoms with van der Waals surface area (Å²) >= 11 is 0. The summed E-state index contributed by atoms with van der Waals surface area (Å²) in [5.74, 6) is -0.697. The van der Waals surface area contributed by atoms with Gasteiger partial charge in [-0.25, -0.2) is 4.79 Å². The number of hydrogen-bond acceptors (Lipinski definition) is 3. The van der Waals surface area contributed by atoms with Crippen LogP contribution in [-0.2, 0) is 11.3 Å². The molecular weight excluding hydrogens is 284 g/mol. The largest absolute Gasteiger partial charge is 0.494 e. The number of aliphatic carboxylic acids is 1. The van der Waals surface area contributed by atoms with Crippen LogP contribution in [0.3, 0.4) is 0 Å². The second kappa shape index (κ2) is 8.92. The summed E-state index contributed by atoms with van der Waals surface area (Å²) in [6.07, 6.45) is 0.957. The van der Waals surface area contributed by atoms with Crippen molar-refractivity contribution in [1.29, 1.82) is 0 Å². The molecule has 0 saturated carbocycles. The fourth-order valence-corrected chi connectivity index (χ4v) is 1.81. The first-order valence-corrected chi connectivity index (χ1v) is 7.37. The molecule has 122 valence electrons. The summed E-state index contributed by atoms with van der Waals surface area (Å²) in [4.78, 5) is 24.0. The fraction of sp³-hybridized carbons (Fsp3) is 0.500. The van der Waals surface area contributed by atoms with Crippen molar-refractivity contribution in [1.82, 2.24) is 10.2 Å². The Morgan fingerprint density at radius 2 is 1.95 bits per heavy atom. The first-order chi connectivity index (χ1) is 10.4. The third-order valence-electron chi connectivity index (χ3n) is 3.16. The molecule has 6 heteroatoms. The standard InChI is InChI=1S/C16H24N2O4/c1-4-9-22-14-7-5-13(6-8-14)10-17-16(21)18(3)11-12(2)15(19)20/h5-8,12H,4,9-11H2,1-3H3,(H,17,21)(H,19,20). The molecule has 0 bridgehead atoms. The van der Waals surface area contributed by atoms with E-state index in [-0.39, 0.29) is 12.6 Å². The molecule has 1 atom stereocenters. The molecule has 1 unspecified atom stereocenters. The van der Waals surface area contributed by atoms with Crippen molar-refractivity contribution in [2.24, 2.45) is 5.92 Å². The molecule has 1 aromatic rings. The number of amides is 2. The quantitative estimate of drug-likeness (QED) is 0.772. The predicted octanol–water partition coefficient (Wildman–Crippen LogP) is 2.34. The summed E-state index contributed by atoms with van der Waals surface area (Å²) in [5.41, 5.74) is 0.955. The number of carboxylic acids is 1. The molecule has 0 aliphatic rings. The van der Waals surface area contributed by atoms with Crippen molar-refractivity contribution in [3.05, 3.63) is 29.8 Å². The molecule has 0 aromatic heterocycles. The Morgan fingerprint density at radius 1 is 1.32 bits per heavy atom. The normalized spacial score (nSPS) is 11.6. The van der Waals surface area contributed by atoms with E-state index in [1.165, 1.54) is 4.90 Å². The minimum Gasteiger partial charge on any atom is -0.494 e. The van der Waals surface area contributed by atoms with E-state index in [1.54, 1.807) is 14.0 Å². The number of urea groups is 1. The molecule has 0 spiro atoms. The number of rotatable bonds is 8. The zero-order valence-electron chi connectivity index (χ0n) is 13.3. The van der Waals surface area contributed by atoms with Crippen LogP contribution in [0.5, 0.6) is 5.75 Å². The van der Waals surface area contributed by atoms with Crippen molar-refractivity contribution >= 4 is 12.0 Å². The number of hydrogen-bond donors (Lipinski definition) is 2. The van der Waals surface area contributed by atoms with Gasteiger partial charge in [0.1, 0.15) is 5.75 Å². The van der Waals surface area contributed by atoms with Crippen LogP contribution in [0, 0.1) is 5.92 Å². The van der Waals surface area contributed by atoms with Crippen LogP contribution in [0.1, 0.15) is 25.8 Å². The predicted molar refractivity (Wildman–Crippen MR) is 83.9 cm³/mol. The van der Waals surface area contributed by atoms with E-state index in [0.29, 0.717) is 13.2 Å². The van der Waals surface area contributed by atoms with Crippen LogP contribution >= 0.6 is 0 Å². The zero-order chi connectivity index (χ0) is 16.5. The first-order valence-electron chi connectivity index (χ1n) is 7.37. The van der Waals surface area contributed by atoms with Gasteiger partial charge in [0.05, 0.1) is 12.5 Å². The number of carbonyl (C=O) groups is 2. The number of carboxylic acid groups (broad SMARTS) is 1. The SMILES string of the molecule is CCCOc1ccc(CNC(=O)N(C)CC(C)C(=O)O)cc1.